The molecule has 2 aliphatic heterocycles. The fraction of sp³-hybridized carbons (Fsp3) is 0.316. The highest BCUT2D eigenvalue weighted by Gasteiger charge is 2.50. The first-order valence-corrected chi connectivity index (χ1v) is 9.70. The molecule has 4 nitrogen and oxygen atoms in total. The van der Waals surface area contributed by atoms with Crippen molar-refractivity contribution in [2.45, 2.75) is 37.5 Å². The molecule has 1 N–H and O–H groups in total. The summed E-state index contributed by atoms with van der Waals surface area (Å²) in [4.78, 5) is 1.18. The molecule has 3 aliphatic rings. The molecule has 25 heavy (non-hydrogen) atoms. The molecule has 128 valence electrons. The summed E-state index contributed by atoms with van der Waals surface area (Å²) in [6, 6.07) is 9.97. The van der Waals surface area contributed by atoms with Crippen LogP contribution in [0.15, 0.2) is 52.6 Å². The number of fused-ring (bicyclic) bond motifs is 4. The van der Waals surface area contributed by atoms with Crippen molar-refractivity contribution in [3.63, 3.8) is 0 Å². The monoisotopic (exact) mass is 372 g/mol. The molecule has 0 saturated heterocycles. The minimum Gasteiger partial charge on any atom is -0.512 e. The molecule has 3 heterocycles. The van der Waals surface area contributed by atoms with Gasteiger partial charge in [0.2, 0.25) is 5.72 Å². The number of thiophene rings is 1. The third kappa shape index (κ3) is 2.37. The van der Waals surface area contributed by atoms with Crippen LogP contribution in [0, 0.1) is 0 Å². The number of halogens is 1. The smallest absolute Gasteiger partial charge is 0.220 e. The molecule has 2 aromatic rings. The molecule has 0 radical (unpaired) electrons. The zero-order valence-corrected chi connectivity index (χ0v) is 15.1. The Morgan fingerprint density at radius 1 is 1.36 bits per heavy atom. The van der Waals surface area contributed by atoms with E-state index < -0.39 is 5.72 Å². The molecule has 2 atom stereocenters. The Hall–Kier alpha value is -1.98. The van der Waals surface area contributed by atoms with Crippen LogP contribution < -0.4 is 4.74 Å². The Bertz CT molecular complexity index is 893. The van der Waals surface area contributed by atoms with Gasteiger partial charge in [-0.2, -0.15) is 5.10 Å². The second-order valence-electron chi connectivity index (χ2n) is 6.71. The number of ether oxygens (including phenoxy) is 1. The number of hydrogen-bond acceptors (Lipinski definition) is 5. The van der Waals surface area contributed by atoms with Crippen molar-refractivity contribution in [1.82, 2.24) is 5.01 Å². The van der Waals surface area contributed by atoms with Crippen molar-refractivity contribution in [3.05, 3.63) is 63.0 Å². The quantitative estimate of drug-likeness (QED) is 0.741. The predicted molar refractivity (Wildman–Crippen MR) is 99.4 cm³/mol. The van der Waals surface area contributed by atoms with E-state index in [1.54, 1.807) is 11.3 Å². The van der Waals surface area contributed by atoms with Crippen LogP contribution in [0.2, 0.25) is 5.02 Å². The van der Waals surface area contributed by atoms with E-state index in [0.29, 0.717) is 17.2 Å². The van der Waals surface area contributed by atoms with Crippen molar-refractivity contribution < 1.29 is 9.84 Å². The lowest BCUT2D eigenvalue weighted by Gasteiger charge is -2.47. The van der Waals surface area contributed by atoms with Crippen LogP contribution in [0.25, 0.3) is 0 Å². The number of nitrogens with zero attached hydrogens (tertiary/aromatic N) is 2. The zero-order valence-electron chi connectivity index (χ0n) is 13.5. The van der Waals surface area contributed by atoms with Gasteiger partial charge in [-0.1, -0.05) is 17.7 Å². The van der Waals surface area contributed by atoms with E-state index in [-0.39, 0.29) is 6.04 Å². The number of rotatable bonds is 1. The second kappa shape index (κ2) is 5.51. The number of aliphatic hydroxyl groups excluding tert-OH is 1. The molecule has 1 spiro atoms. The van der Waals surface area contributed by atoms with Gasteiger partial charge in [0, 0.05) is 35.9 Å². The summed E-state index contributed by atoms with van der Waals surface area (Å²) in [6.07, 6.45) is 5.02. The van der Waals surface area contributed by atoms with Crippen molar-refractivity contribution in [2.75, 3.05) is 0 Å². The number of aliphatic hydroxyl groups is 1. The fourth-order valence-corrected chi connectivity index (χ4v) is 4.89. The van der Waals surface area contributed by atoms with Crippen LogP contribution in [0.1, 0.15) is 42.2 Å². The fourth-order valence-electron chi connectivity index (χ4n) is 3.99. The molecule has 1 aromatic carbocycles. The Morgan fingerprint density at radius 2 is 2.28 bits per heavy atom. The van der Waals surface area contributed by atoms with Crippen LogP contribution in [0.5, 0.6) is 5.75 Å². The van der Waals surface area contributed by atoms with Crippen LogP contribution in [-0.2, 0) is 0 Å². The lowest BCUT2D eigenvalue weighted by Crippen LogP contribution is -2.53. The Morgan fingerprint density at radius 3 is 3.08 bits per heavy atom. The summed E-state index contributed by atoms with van der Waals surface area (Å²) in [5.74, 6) is 1.21. The lowest BCUT2D eigenvalue weighted by atomic mass is 9.90. The molecular weight excluding hydrogens is 356 g/mol. The third-order valence-electron chi connectivity index (χ3n) is 5.08. The maximum atomic E-state index is 10.2. The Kier molecular flexibility index (Phi) is 3.37. The summed E-state index contributed by atoms with van der Waals surface area (Å²) >= 11 is 7.94. The minimum atomic E-state index is -0.715. The van der Waals surface area contributed by atoms with Crippen molar-refractivity contribution >= 4 is 28.6 Å². The summed E-state index contributed by atoms with van der Waals surface area (Å²) in [5.41, 5.74) is 1.41. The highest BCUT2D eigenvalue weighted by atomic mass is 35.5. The first-order chi connectivity index (χ1) is 12.1. The summed E-state index contributed by atoms with van der Waals surface area (Å²) in [6.45, 7) is 0. The van der Waals surface area contributed by atoms with Gasteiger partial charge < -0.3 is 9.84 Å². The Labute approximate surface area is 155 Å². The number of hydrazone groups is 1. The SMILES string of the molecule is OC1=C[C@@]2(CCC1)Oc1ccc(Cl)cc1[C@H]1CC(c3cccs3)=NN12. The normalized spacial score (nSPS) is 27.4. The average Bonchev–Trinajstić information content (AvgIpc) is 3.25. The van der Waals surface area contributed by atoms with Gasteiger partial charge in [-0.15, -0.1) is 11.3 Å². The van der Waals surface area contributed by atoms with Gasteiger partial charge in [0.1, 0.15) is 5.75 Å². The summed E-state index contributed by atoms with van der Waals surface area (Å²) in [7, 11) is 0. The summed E-state index contributed by atoms with van der Waals surface area (Å²) < 4.78 is 6.39. The highest BCUT2D eigenvalue weighted by Crippen LogP contribution is 2.50. The van der Waals surface area contributed by atoms with E-state index in [2.05, 4.69) is 11.4 Å². The first-order valence-electron chi connectivity index (χ1n) is 8.44. The van der Waals surface area contributed by atoms with Crippen LogP contribution in [0.3, 0.4) is 0 Å². The molecular formula is C19H17ClN2O2S. The van der Waals surface area contributed by atoms with E-state index >= 15 is 0 Å². The van der Waals surface area contributed by atoms with Gasteiger partial charge in [0.25, 0.3) is 0 Å². The minimum absolute atomic E-state index is 0.0710. The molecule has 6 heteroatoms. The summed E-state index contributed by atoms with van der Waals surface area (Å²) in [5, 5.41) is 19.9. The van der Waals surface area contributed by atoms with E-state index in [0.717, 1.165) is 36.3 Å². The van der Waals surface area contributed by atoms with E-state index in [1.165, 1.54) is 4.88 Å². The molecule has 0 saturated carbocycles. The molecule has 1 aromatic heterocycles. The van der Waals surface area contributed by atoms with E-state index in [4.69, 9.17) is 21.4 Å². The van der Waals surface area contributed by atoms with Gasteiger partial charge in [0.05, 0.1) is 22.4 Å². The average molecular weight is 373 g/mol. The second-order valence-corrected chi connectivity index (χ2v) is 8.09. The largest absolute Gasteiger partial charge is 0.512 e. The lowest BCUT2D eigenvalue weighted by molar-refractivity contribution is -0.0944. The number of hydrogen-bond donors (Lipinski definition) is 1. The van der Waals surface area contributed by atoms with Gasteiger partial charge in [-0.05, 0) is 36.1 Å². The molecule has 0 bridgehead atoms. The third-order valence-corrected chi connectivity index (χ3v) is 6.24. The van der Waals surface area contributed by atoms with E-state index in [9.17, 15) is 5.11 Å². The number of allylic oxidation sites excluding steroid dienone is 1. The van der Waals surface area contributed by atoms with Crippen LogP contribution in [-0.4, -0.2) is 21.6 Å². The molecule has 0 unspecified atom stereocenters. The van der Waals surface area contributed by atoms with Gasteiger partial charge in [-0.25, -0.2) is 5.01 Å². The zero-order chi connectivity index (χ0) is 17.0. The van der Waals surface area contributed by atoms with E-state index in [1.807, 2.05) is 35.4 Å². The van der Waals surface area contributed by atoms with Gasteiger partial charge in [-0.3, -0.25) is 0 Å². The van der Waals surface area contributed by atoms with Gasteiger partial charge >= 0.3 is 0 Å². The first kappa shape index (κ1) is 15.3. The van der Waals surface area contributed by atoms with Crippen LogP contribution in [0.4, 0.5) is 0 Å². The molecule has 0 fully saturated rings. The molecule has 1 aliphatic carbocycles. The standard InChI is InChI=1S/C19H17ClN2O2S/c20-12-5-6-17-14(9-12)16-10-15(18-4-2-8-25-18)21-22(16)19(24-17)7-1-3-13(23)11-19/h2,4-6,8-9,11,16,23H,1,3,7,10H2/t16-,19-/m1/s1. The maximum Gasteiger partial charge on any atom is 0.220 e. The molecule has 0 amide bonds. The van der Waals surface area contributed by atoms with Crippen molar-refractivity contribution in [2.24, 2.45) is 5.10 Å². The van der Waals surface area contributed by atoms with Gasteiger partial charge in [0.15, 0.2) is 0 Å². The maximum absolute atomic E-state index is 10.2. The topological polar surface area (TPSA) is 45.1 Å². The van der Waals surface area contributed by atoms with Crippen molar-refractivity contribution in [3.8, 4) is 5.75 Å². The predicted octanol–water partition coefficient (Wildman–Crippen LogP) is 5.27. The molecule has 5 rings (SSSR count). The van der Waals surface area contributed by atoms with Crippen LogP contribution >= 0.6 is 22.9 Å². The highest BCUT2D eigenvalue weighted by molar-refractivity contribution is 7.12. The number of benzene rings is 1. The Balaban J connectivity index is 1.66. The van der Waals surface area contributed by atoms with Crippen molar-refractivity contribution in [1.29, 1.82) is 0 Å².